The average Bonchev–Trinajstić information content (AvgIpc) is 2.90. The molecule has 34 heavy (non-hydrogen) atoms. The van der Waals surface area contributed by atoms with Gasteiger partial charge in [0.25, 0.3) is 0 Å². The van der Waals surface area contributed by atoms with Crippen molar-refractivity contribution in [1.29, 1.82) is 0 Å². The van der Waals surface area contributed by atoms with Crippen LogP contribution in [0.5, 0.6) is 0 Å². The summed E-state index contributed by atoms with van der Waals surface area (Å²) >= 11 is 0. The highest BCUT2D eigenvalue weighted by molar-refractivity contribution is 7.02. The molecule has 2 heteroatoms. The van der Waals surface area contributed by atoms with E-state index in [2.05, 4.69) is 148 Å². The summed E-state index contributed by atoms with van der Waals surface area (Å²) in [5.41, 5.74) is 3.12. The number of hydrogen-bond acceptors (Lipinski definition) is 0. The van der Waals surface area contributed by atoms with Gasteiger partial charge in [0.2, 0.25) is 0 Å². The lowest BCUT2D eigenvalue weighted by molar-refractivity contribution is 1.19. The Bertz CT molecular complexity index is 1040. The van der Waals surface area contributed by atoms with Crippen molar-refractivity contribution in [3.05, 3.63) is 132 Å². The molecular formula is C32H36Si2. The molecule has 0 spiro atoms. The van der Waals surface area contributed by atoms with E-state index in [0.29, 0.717) is 0 Å². The smallest absolute Gasteiger partial charge is 0.0767 e. The molecule has 0 aliphatic heterocycles. The fourth-order valence-electron chi connectivity index (χ4n) is 5.33. The molecule has 0 unspecified atom stereocenters. The quantitative estimate of drug-likeness (QED) is 0.213. The van der Waals surface area contributed by atoms with E-state index in [4.69, 9.17) is 0 Å². The summed E-state index contributed by atoms with van der Waals surface area (Å²) in [6.07, 6.45) is 0. The predicted octanol–water partition coefficient (Wildman–Crippen LogP) is 6.11. The highest BCUT2D eigenvalue weighted by atomic mass is 28.3. The standard InChI is InChI=1S/C32H36Si2/c1-27(25-33(3,29-17-9-5-10-18-29)30-19-11-6-12-20-30)28(2)26-34(4,31-21-13-7-14-22-31)32-23-15-8-16-24-32/h5-24H,25-26H2,1-4H3/b28-27+. The van der Waals surface area contributed by atoms with Gasteiger partial charge >= 0.3 is 0 Å². The summed E-state index contributed by atoms with van der Waals surface area (Å²) in [4.78, 5) is 0. The average molecular weight is 477 g/mol. The first-order chi connectivity index (χ1) is 16.4. The van der Waals surface area contributed by atoms with Crippen LogP contribution in [0.3, 0.4) is 0 Å². The minimum atomic E-state index is -1.90. The number of hydrogen-bond donors (Lipinski definition) is 0. The van der Waals surface area contributed by atoms with Gasteiger partial charge in [-0.25, -0.2) is 0 Å². The first kappa shape index (κ1) is 24.2. The summed E-state index contributed by atoms with van der Waals surface area (Å²) < 4.78 is 0. The Kier molecular flexibility index (Phi) is 7.50. The van der Waals surface area contributed by atoms with Gasteiger partial charge in [0, 0.05) is 0 Å². The number of rotatable bonds is 8. The summed E-state index contributed by atoms with van der Waals surface area (Å²) in [5.74, 6) is 0. The molecule has 4 aromatic carbocycles. The maximum Gasteiger partial charge on any atom is 0.119 e. The van der Waals surface area contributed by atoms with Crippen molar-refractivity contribution in [3.63, 3.8) is 0 Å². The first-order valence-electron chi connectivity index (χ1n) is 12.3. The maximum absolute atomic E-state index is 2.54. The van der Waals surface area contributed by atoms with Crippen LogP contribution >= 0.6 is 0 Å². The summed E-state index contributed by atoms with van der Waals surface area (Å²) in [7, 11) is -3.81. The fourth-order valence-corrected chi connectivity index (χ4v) is 13.2. The molecule has 4 rings (SSSR count). The minimum Gasteiger partial charge on any atom is -0.0767 e. The van der Waals surface area contributed by atoms with Crippen LogP contribution in [0, 0.1) is 0 Å². The number of allylic oxidation sites excluding steroid dienone is 2. The van der Waals surface area contributed by atoms with E-state index in [-0.39, 0.29) is 0 Å². The second kappa shape index (κ2) is 10.5. The van der Waals surface area contributed by atoms with Gasteiger partial charge in [0.1, 0.15) is 16.1 Å². The Balaban J connectivity index is 1.73. The Labute approximate surface area is 208 Å². The predicted molar refractivity (Wildman–Crippen MR) is 156 cm³/mol. The molecule has 0 aliphatic carbocycles. The molecule has 0 aromatic heterocycles. The van der Waals surface area contributed by atoms with E-state index >= 15 is 0 Å². The van der Waals surface area contributed by atoms with Crippen LogP contribution in [0.1, 0.15) is 13.8 Å². The second-order valence-electron chi connectivity index (χ2n) is 10.0. The zero-order chi connectivity index (χ0) is 24.0. The summed E-state index contributed by atoms with van der Waals surface area (Å²) in [6, 6.07) is 47.2. The van der Waals surface area contributed by atoms with Crippen molar-refractivity contribution >= 4 is 36.9 Å². The Morgan fingerprint density at radius 3 is 0.824 bits per heavy atom. The third-order valence-electron chi connectivity index (χ3n) is 7.61. The van der Waals surface area contributed by atoms with Gasteiger partial charge in [-0.2, -0.15) is 0 Å². The normalized spacial score (nSPS) is 12.8. The molecule has 0 saturated heterocycles. The third kappa shape index (κ3) is 5.09. The molecule has 0 amide bonds. The molecule has 0 fully saturated rings. The van der Waals surface area contributed by atoms with Gasteiger partial charge in [0.05, 0.1) is 0 Å². The zero-order valence-electron chi connectivity index (χ0n) is 21.0. The minimum absolute atomic E-state index is 1.15. The van der Waals surface area contributed by atoms with Crippen molar-refractivity contribution < 1.29 is 0 Å². The van der Waals surface area contributed by atoms with E-state index < -0.39 is 16.1 Å². The van der Waals surface area contributed by atoms with E-state index in [1.54, 1.807) is 11.1 Å². The van der Waals surface area contributed by atoms with Gasteiger partial charge in [0.15, 0.2) is 0 Å². The summed E-state index contributed by atoms with van der Waals surface area (Å²) in [6.45, 7) is 9.85. The maximum atomic E-state index is 2.54. The molecule has 0 atom stereocenters. The molecule has 0 N–H and O–H groups in total. The largest absolute Gasteiger partial charge is 0.119 e. The van der Waals surface area contributed by atoms with Gasteiger partial charge in [-0.3, -0.25) is 0 Å². The fraction of sp³-hybridized carbons (Fsp3) is 0.188. The van der Waals surface area contributed by atoms with E-state index in [1.807, 2.05) is 0 Å². The monoisotopic (exact) mass is 476 g/mol. The van der Waals surface area contributed by atoms with Gasteiger partial charge in [-0.15, -0.1) is 0 Å². The Morgan fingerprint density at radius 2 is 0.618 bits per heavy atom. The zero-order valence-corrected chi connectivity index (χ0v) is 23.0. The van der Waals surface area contributed by atoms with E-state index in [9.17, 15) is 0 Å². The molecule has 0 nitrogen and oxygen atoms in total. The van der Waals surface area contributed by atoms with Crippen molar-refractivity contribution in [2.45, 2.75) is 39.0 Å². The summed E-state index contributed by atoms with van der Waals surface area (Å²) in [5, 5.41) is 6.05. The van der Waals surface area contributed by atoms with Gasteiger partial charge in [-0.1, -0.05) is 166 Å². The van der Waals surface area contributed by atoms with Crippen molar-refractivity contribution in [2.24, 2.45) is 0 Å². The van der Waals surface area contributed by atoms with Crippen LogP contribution in [0.4, 0.5) is 0 Å². The van der Waals surface area contributed by atoms with Crippen molar-refractivity contribution in [2.75, 3.05) is 0 Å². The van der Waals surface area contributed by atoms with Crippen LogP contribution in [-0.4, -0.2) is 16.1 Å². The molecule has 0 bridgehead atoms. The molecule has 172 valence electrons. The number of benzene rings is 4. The molecule has 0 saturated carbocycles. The van der Waals surface area contributed by atoms with Crippen molar-refractivity contribution in [1.82, 2.24) is 0 Å². The molecule has 0 heterocycles. The molecule has 0 radical (unpaired) electrons. The van der Waals surface area contributed by atoms with Gasteiger partial charge < -0.3 is 0 Å². The van der Waals surface area contributed by atoms with Crippen LogP contribution in [0.15, 0.2) is 132 Å². The Hall–Kier alpha value is -2.95. The highest BCUT2D eigenvalue weighted by Crippen LogP contribution is 2.25. The lowest BCUT2D eigenvalue weighted by atomic mass is 10.2. The lowest BCUT2D eigenvalue weighted by Crippen LogP contribution is -2.56. The molecule has 0 aliphatic rings. The topological polar surface area (TPSA) is 0 Å². The third-order valence-corrected chi connectivity index (χ3v) is 16.5. The Morgan fingerprint density at radius 1 is 0.412 bits per heavy atom. The highest BCUT2D eigenvalue weighted by Gasteiger charge is 2.35. The van der Waals surface area contributed by atoms with Crippen LogP contribution in [0.2, 0.25) is 25.2 Å². The first-order valence-corrected chi connectivity index (χ1v) is 17.7. The molecular weight excluding hydrogens is 441 g/mol. The van der Waals surface area contributed by atoms with Crippen molar-refractivity contribution in [3.8, 4) is 0 Å². The molecule has 4 aromatic rings. The lowest BCUT2D eigenvalue weighted by Gasteiger charge is -2.32. The SMILES string of the molecule is C/C(C[Si](C)(c1ccccc1)c1ccccc1)=C(/C)C[Si](C)(c1ccccc1)c1ccccc1. The van der Waals surface area contributed by atoms with Crippen LogP contribution in [-0.2, 0) is 0 Å². The van der Waals surface area contributed by atoms with E-state index in [1.165, 1.54) is 20.7 Å². The van der Waals surface area contributed by atoms with Crippen LogP contribution < -0.4 is 20.7 Å². The van der Waals surface area contributed by atoms with E-state index in [0.717, 1.165) is 12.1 Å². The second-order valence-corrected chi connectivity index (χ2v) is 18.4. The van der Waals surface area contributed by atoms with Gasteiger partial charge in [-0.05, 0) is 25.9 Å². The van der Waals surface area contributed by atoms with Crippen LogP contribution in [0.25, 0.3) is 0 Å².